The Morgan fingerprint density at radius 2 is 1.28 bits per heavy atom. The molecule has 4 nitrogen and oxygen atoms in total. The van der Waals surface area contributed by atoms with Crippen molar-refractivity contribution < 1.29 is 0 Å². The standard InChI is InChI=1S/C21H24N4/c1-3-13-23-20(7-1)10-16-25(15-9-19-6-5-12-22-18-19)17-11-21-8-2-4-14-24-21/h1-8,12-14,18H,9-11,15-17H2. The molecule has 3 aromatic heterocycles. The highest BCUT2D eigenvalue weighted by atomic mass is 15.1. The Kier molecular flexibility index (Phi) is 6.65. The van der Waals surface area contributed by atoms with Crippen LogP contribution in [0.1, 0.15) is 17.0 Å². The predicted molar refractivity (Wildman–Crippen MR) is 100 cm³/mol. The Bertz CT molecular complexity index is 613. The Hall–Kier alpha value is -2.59. The summed E-state index contributed by atoms with van der Waals surface area (Å²) < 4.78 is 0. The molecule has 25 heavy (non-hydrogen) atoms. The maximum Gasteiger partial charge on any atom is 0.0416 e. The van der Waals surface area contributed by atoms with E-state index in [1.165, 1.54) is 5.56 Å². The van der Waals surface area contributed by atoms with Crippen molar-refractivity contribution in [2.45, 2.75) is 19.3 Å². The van der Waals surface area contributed by atoms with E-state index in [0.29, 0.717) is 0 Å². The quantitative estimate of drug-likeness (QED) is 0.603. The van der Waals surface area contributed by atoms with Crippen LogP contribution in [-0.4, -0.2) is 39.5 Å². The van der Waals surface area contributed by atoms with Crippen LogP contribution in [0.3, 0.4) is 0 Å². The van der Waals surface area contributed by atoms with Crippen LogP contribution >= 0.6 is 0 Å². The summed E-state index contributed by atoms with van der Waals surface area (Å²) in [6, 6.07) is 16.4. The largest absolute Gasteiger partial charge is 0.302 e. The molecular formula is C21H24N4. The van der Waals surface area contributed by atoms with Gasteiger partial charge in [-0.3, -0.25) is 15.0 Å². The van der Waals surface area contributed by atoms with Gasteiger partial charge in [0, 0.05) is 68.7 Å². The van der Waals surface area contributed by atoms with Gasteiger partial charge >= 0.3 is 0 Å². The molecule has 0 unspecified atom stereocenters. The van der Waals surface area contributed by atoms with Crippen LogP contribution < -0.4 is 0 Å². The first-order valence-corrected chi connectivity index (χ1v) is 8.81. The van der Waals surface area contributed by atoms with Crippen LogP contribution in [0.5, 0.6) is 0 Å². The Morgan fingerprint density at radius 1 is 0.640 bits per heavy atom. The van der Waals surface area contributed by atoms with Crippen molar-refractivity contribution in [3.05, 3.63) is 90.3 Å². The third-order valence-corrected chi connectivity index (χ3v) is 4.26. The van der Waals surface area contributed by atoms with Crippen LogP contribution in [0.25, 0.3) is 0 Å². The monoisotopic (exact) mass is 332 g/mol. The molecule has 3 rings (SSSR count). The van der Waals surface area contributed by atoms with Crippen LogP contribution in [0.15, 0.2) is 73.3 Å². The molecule has 0 atom stereocenters. The molecule has 0 fully saturated rings. The summed E-state index contributed by atoms with van der Waals surface area (Å²) >= 11 is 0. The van der Waals surface area contributed by atoms with E-state index < -0.39 is 0 Å². The zero-order chi connectivity index (χ0) is 17.2. The summed E-state index contributed by atoms with van der Waals surface area (Å²) in [6.45, 7) is 3.03. The summed E-state index contributed by atoms with van der Waals surface area (Å²) in [6.07, 6.45) is 10.5. The first kappa shape index (κ1) is 17.2. The van der Waals surface area contributed by atoms with Gasteiger partial charge in [-0.1, -0.05) is 18.2 Å². The molecule has 0 aliphatic carbocycles. The number of pyridine rings is 3. The van der Waals surface area contributed by atoms with Gasteiger partial charge in [0.05, 0.1) is 0 Å². The Morgan fingerprint density at radius 3 is 1.80 bits per heavy atom. The normalized spacial score (nSPS) is 10.9. The second kappa shape index (κ2) is 9.64. The molecule has 0 radical (unpaired) electrons. The second-order valence-corrected chi connectivity index (χ2v) is 6.10. The van der Waals surface area contributed by atoms with E-state index >= 15 is 0 Å². The van der Waals surface area contributed by atoms with Crippen molar-refractivity contribution in [3.8, 4) is 0 Å². The van der Waals surface area contributed by atoms with Gasteiger partial charge in [-0.05, 0) is 42.3 Å². The average Bonchev–Trinajstić information content (AvgIpc) is 2.70. The topological polar surface area (TPSA) is 41.9 Å². The van der Waals surface area contributed by atoms with Crippen molar-refractivity contribution in [1.29, 1.82) is 0 Å². The minimum Gasteiger partial charge on any atom is -0.302 e. The van der Waals surface area contributed by atoms with E-state index in [4.69, 9.17) is 0 Å². The average molecular weight is 332 g/mol. The molecule has 128 valence electrons. The van der Waals surface area contributed by atoms with Crippen molar-refractivity contribution in [3.63, 3.8) is 0 Å². The van der Waals surface area contributed by atoms with Crippen LogP contribution in [-0.2, 0) is 19.3 Å². The summed E-state index contributed by atoms with van der Waals surface area (Å²) in [7, 11) is 0. The van der Waals surface area contributed by atoms with Gasteiger partial charge in [-0.25, -0.2) is 0 Å². The first-order chi connectivity index (χ1) is 12.4. The number of aromatic nitrogens is 3. The Labute approximate surface area is 149 Å². The fraction of sp³-hybridized carbons (Fsp3) is 0.286. The zero-order valence-corrected chi connectivity index (χ0v) is 14.5. The highest BCUT2D eigenvalue weighted by Crippen LogP contribution is 2.04. The smallest absolute Gasteiger partial charge is 0.0416 e. The van der Waals surface area contributed by atoms with E-state index in [2.05, 4.69) is 50.2 Å². The molecule has 0 spiro atoms. The van der Waals surface area contributed by atoms with Crippen molar-refractivity contribution >= 4 is 0 Å². The molecule has 0 aliphatic heterocycles. The number of nitrogens with zero attached hydrogens (tertiary/aromatic N) is 4. The van der Waals surface area contributed by atoms with E-state index in [0.717, 1.165) is 50.3 Å². The van der Waals surface area contributed by atoms with E-state index in [1.807, 2.05) is 43.0 Å². The molecule has 0 saturated heterocycles. The van der Waals surface area contributed by atoms with Gasteiger partial charge in [-0.2, -0.15) is 0 Å². The molecule has 4 heteroatoms. The zero-order valence-electron chi connectivity index (χ0n) is 14.5. The third kappa shape index (κ3) is 6.08. The van der Waals surface area contributed by atoms with Crippen LogP contribution in [0.2, 0.25) is 0 Å². The fourth-order valence-corrected chi connectivity index (χ4v) is 2.81. The van der Waals surface area contributed by atoms with Crippen molar-refractivity contribution in [2.75, 3.05) is 19.6 Å². The van der Waals surface area contributed by atoms with Gasteiger partial charge in [-0.15, -0.1) is 0 Å². The lowest BCUT2D eigenvalue weighted by Crippen LogP contribution is -2.31. The summed E-state index contributed by atoms with van der Waals surface area (Å²) in [5.74, 6) is 0. The van der Waals surface area contributed by atoms with Gasteiger partial charge in [0.2, 0.25) is 0 Å². The van der Waals surface area contributed by atoms with Gasteiger partial charge < -0.3 is 4.90 Å². The van der Waals surface area contributed by atoms with Gasteiger partial charge in [0.25, 0.3) is 0 Å². The maximum absolute atomic E-state index is 4.44. The summed E-state index contributed by atoms with van der Waals surface area (Å²) in [5, 5.41) is 0. The summed E-state index contributed by atoms with van der Waals surface area (Å²) in [5.41, 5.74) is 3.57. The van der Waals surface area contributed by atoms with Crippen molar-refractivity contribution in [2.24, 2.45) is 0 Å². The van der Waals surface area contributed by atoms with E-state index in [9.17, 15) is 0 Å². The third-order valence-electron chi connectivity index (χ3n) is 4.26. The molecule has 0 aromatic carbocycles. The minimum absolute atomic E-state index is 0.968. The minimum atomic E-state index is 0.968. The molecular weight excluding hydrogens is 308 g/mol. The molecule has 0 saturated carbocycles. The fourth-order valence-electron chi connectivity index (χ4n) is 2.81. The van der Waals surface area contributed by atoms with Crippen molar-refractivity contribution in [1.82, 2.24) is 19.9 Å². The van der Waals surface area contributed by atoms with E-state index in [-0.39, 0.29) is 0 Å². The van der Waals surface area contributed by atoms with Gasteiger partial charge in [0.1, 0.15) is 0 Å². The number of hydrogen-bond donors (Lipinski definition) is 0. The SMILES string of the molecule is c1ccc(CCN(CCc2cccnc2)CCc2ccccn2)nc1. The lowest BCUT2D eigenvalue weighted by atomic mass is 10.1. The molecule has 3 heterocycles. The number of rotatable bonds is 9. The molecule has 0 amide bonds. The lowest BCUT2D eigenvalue weighted by molar-refractivity contribution is 0.282. The summed E-state index contributed by atoms with van der Waals surface area (Å²) in [4.78, 5) is 15.6. The first-order valence-electron chi connectivity index (χ1n) is 8.81. The van der Waals surface area contributed by atoms with Gasteiger partial charge in [0.15, 0.2) is 0 Å². The molecule has 0 aliphatic rings. The number of hydrogen-bond acceptors (Lipinski definition) is 4. The van der Waals surface area contributed by atoms with E-state index in [1.54, 1.807) is 0 Å². The molecule has 0 bridgehead atoms. The lowest BCUT2D eigenvalue weighted by Gasteiger charge is -2.22. The highest BCUT2D eigenvalue weighted by molar-refractivity contribution is 5.09. The van der Waals surface area contributed by atoms with Crippen LogP contribution in [0.4, 0.5) is 0 Å². The molecule has 0 N–H and O–H groups in total. The Balaban J connectivity index is 1.56. The predicted octanol–water partition coefficient (Wildman–Crippen LogP) is 3.20. The maximum atomic E-state index is 4.44. The molecule has 3 aromatic rings. The van der Waals surface area contributed by atoms with Crippen LogP contribution in [0, 0.1) is 0 Å². The highest BCUT2D eigenvalue weighted by Gasteiger charge is 2.07. The second-order valence-electron chi connectivity index (χ2n) is 6.10.